The molecule has 3 unspecified atom stereocenters. The average Bonchev–Trinajstić information content (AvgIpc) is 2.82. The molecule has 0 aromatic carbocycles. The third-order valence-corrected chi connectivity index (χ3v) is 4.66. The maximum absolute atomic E-state index is 5.29. The van der Waals surface area contributed by atoms with Crippen LogP contribution in [0.5, 0.6) is 0 Å². The molecule has 2 aliphatic rings. The van der Waals surface area contributed by atoms with E-state index < -0.39 is 0 Å². The summed E-state index contributed by atoms with van der Waals surface area (Å²) < 4.78 is 5.29. The molecule has 0 spiro atoms. The third kappa shape index (κ3) is 4.22. The number of piperidine rings is 1. The maximum atomic E-state index is 5.29. The summed E-state index contributed by atoms with van der Waals surface area (Å²) >= 11 is 0. The minimum Gasteiger partial charge on any atom is -0.383 e. The summed E-state index contributed by atoms with van der Waals surface area (Å²) in [4.78, 5) is 2.71. The lowest BCUT2D eigenvalue weighted by molar-refractivity contribution is 0.101. The van der Waals surface area contributed by atoms with Gasteiger partial charge in [-0.05, 0) is 57.0 Å². The highest BCUT2D eigenvalue weighted by Crippen LogP contribution is 2.29. The smallest absolute Gasteiger partial charge is 0.0589 e. The van der Waals surface area contributed by atoms with Crippen LogP contribution < -0.4 is 5.32 Å². The van der Waals surface area contributed by atoms with Crippen LogP contribution in [0, 0.1) is 11.8 Å². The van der Waals surface area contributed by atoms with E-state index in [9.17, 15) is 0 Å². The van der Waals surface area contributed by atoms with Crippen LogP contribution in [-0.4, -0.2) is 50.8 Å². The highest BCUT2D eigenvalue weighted by atomic mass is 16.5. The van der Waals surface area contributed by atoms with Crippen LogP contribution in [0.1, 0.15) is 39.0 Å². The molecule has 1 N–H and O–H groups in total. The fraction of sp³-hybridized carbons (Fsp3) is 1.00. The van der Waals surface area contributed by atoms with Gasteiger partial charge in [-0.15, -0.1) is 0 Å². The second-order valence-electron chi connectivity index (χ2n) is 6.27. The first-order valence-electron chi connectivity index (χ1n) is 7.73. The van der Waals surface area contributed by atoms with Crippen molar-refractivity contribution in [3.8, 4) is 0 Å². The lowest BCUT2D eigenvalue weighted by Gasteiger charge is -2.34. The quantitative estimate of drug-likeness (QED) is 0.786. The molecule has 0 aromatic rings. The van der Waals surface area contributed by atoms with Crippen molar-refractivity contribution in [3.63, 3.8) is 0 Å². The Morgan fingerprint density at radius 3 is 2.78 bits per heavy atom. The largest absolute Gasteiger partial charge is 0.383 e. The van der Waals surface area contributed by atoms with Crippen molar-refractivity contribution in [2.24, 2.45) is 11.8 Å². The number of methoxy groups -OCH3 is 1. The Kier molecular flexibility index (Phi) is 5.93. The summed E-state index contributed by atoms with van der Waals surface area (Å²) in [5.41, 5.74) is 0. The van der Waals surface area contributed by atoms with Gasteiger partial charge in [0.2, 0.25) is 0 Å². The van der Waals surface area contributed by atoms with Crippen molar-refractivity contribution in [2.45, 2.75) is 45.1 Å². The molecule has 106 valence electrons. The summed E-state index contributed by atoms with van der Waals surface area (Å²) in [5.74, 6) is 1.77. The van der Waals surface area contributed by atoms with Gasteiger partial charge in [-0.2, -0.15) is 0 Å². The molecule has 3 atom stereocenters. The van der Waals surface area contributed by atoms with E-state index in [0.29, 0.717) is 0 Å². The van der Waals surface area contributed by atoms with Gasteiger partial charge in [0.25, 0.3) is 0 Å². The topological polar surface area (TPSA) is 24.5 Å². The normalized spacial score (nSPS) is 33.2. The Morgan fingerprint density at radius 1 is 1.28 bits per heavy atom. The van der Waals surface area contributed by atoms with Gasteiger partial charge in [0.15, 0.2) is 0 Å². The van der Waals surface area contributed by atoms with Crippen LogP contribution in [0.15, 0.2) is 0 Å². The van der Waals surface area contributed by atoms with E-state index in [0.717, 1.165) is 31.0 Å². The van der Waals surface area contributed by atoms with Crippen LogP contribution in [-0.2, 0) is 4.74 Å². The minimum atomic E-state index is 0.817. The SMILES string of the molecule is COCCN(CC1CCCNC1)C1CCC(C)C1. The van der Waals surface area contributed by atoms with Gasteiger partial charge in [-0.1, -0.05) is 6.92 Å². The average molecular weight is 254 g/mol. The van der Waals surface area contributed by atoms with Gasteiger partial charge in [-0.3, -0.25) is 4.90 Å². The molecule has 0 amide bonds. The van der Waals surface area contributed by atoms with E-state index in [-0.39, 0.29) is 0 Å². The number of hydrogen-bond donors (Lipinski definition) is 1. The lowest BCUT2D eigenvalue weighted by Crippen LogP contribution is -2.43. The molecule has 0 bridgehead atoms. The van der Waals surface area contributed by atoms with Crippen molar-refractivity contribution in [1.82, 2.24) is 10.2 Å². The van der Waals surface area contributed by atoms with E-state index in [2.05, 4.69) is 17.1 Å². The van der Waals surface area contributed by atoms with Crippen molar-refractivity contribution in [1.29, 1.82) is 0 Å². The van der Waals surface area contributed by atoms with E-state index in [1.54, 1.807) is 0 Å². The van der Waals surface area contributed by atoms with Gasteiger partial charge < -0.3 is 10.1 Å². The van der Waals surface area contributed by atoms with Crippen molar-refractivity contribution < 1.29 is 4.74 Å². The van der Waals surface area contributed by atoms with Crippen LogP contribution in [0.4, 0.5) is 0 Å². The molecule has 0 aromatic heterocycles. The molecule has 2 rings (SSSR count). The summed E-state index contributed by atoms with van der Waals surface area (Å²) in [6.45, 7) is 8.10. The number of nitrogens with zero attached hydrogens (tertiary/aromatic N) is 1. The highest BCUT2D eigenvalue weighted by molar-refractivity contribution is 4.83. The Hall–Kier alpha value is -0.120. The summed E-state index contributed by atoms with van der Waals surface area (Å²) in [6.07, 6.45) is 6.95. The van der Waals surface area contributed by atoms with Gasteiger partial charge in [0, 0.05) is 26.2 Å². The summed E-state index contributed by atoms with van der Waals surface area (Å²) in [7, 11) is 1.82. The van der Waals surface area contributed by atoms with Gasteiger partial charge in [-0.25, -0.2) is 0 Å². The predicted octanol–water partition coefficient (Wildman–Crippen LogP) is 2.12. The van der Waals surface area contributed by atoms with Crippen LogP contribution >= 0.6 is 0 Å². The molecular formula is C15H30N2O. The molecular weight excluding hydrogens is 224 g/mol. The number of hydrogen-bond acceptors (Lipinski definition) is 3. The zero-order valence-electron chi connectivity index (χ0n) is 12.2. The first kappa shape index (κ1) is 14.3. The molecule has 18 heavy (non-hydrogen) atoms. The first-order valence-corrected chi connectivity index (χ1v) is 7.73. The number of ether oxygens (including phenoxy) is 1. The molecule has 3 heteroatoms. The van der Waals surface area contributed by atoms with Crippen molar-refractivity contribution >= 4 is 0 Å². The number of rotatable bonds is 6. The fourth-order valence-electron chi connectivity index (χ4n) is 3.55. The number of nitrogens with one attached hydrogen (secondary N) is 1. The van der Waals surface area contributed by atoms with Gasteiger partial charge in [0.05, 0.1) is 6.61 Å². The lowest BCUT2D eigenvalue weighted by atomic mass is 9.98. The third-order valence-electron chi connectivity index (χ3n) is 4.66. The second kappa shape index (κ2) is 7.46. The molecule has 1 saturated carbocycles. The monoisotopic (exact) mass is 254 g/mol. The zero-order chi connectivity index (χ0) is 12.8. The Bertz CT molecular complexity index is 229. The highest BCUT2D eigenvalue weighted by Gasteiger charge is 2.28. The van der Waals surface area contributed by atoms with Crippen molar-refractivity contribution in [2.75, 3.05) is 39.9 Å². The van der Waals surface area contributed by atoms with Gasteiger partial charge >= 0.3 is 0 Å². The molecule has 2 fully saturated rings. The standard InChI is InChI=1S/C15H30N2O/c1-13-5-6-15(10-13)17(8-9-18-2)12-14-4-3-7-16-11-14/h13-16H,3-12H2,1-2H3. The molecule has 1 heterocycles. The molecule has 1 aliphatic heterocycles. The van der Waals surface area contributed by atoms with E-state index in [1.807, 2.05) is 7.11 Å². The van der Waals surface area contributed by atoms with E-state index >= 15 is 0 Å². The van der Waals surface area contributed by atoms with Crippen LogP contribution in [0.25, 0.3) is 0 Å². The molecule has 3 nitrogen and oxygen atoms in total. The van der Waals surface area contributed by atoms with Gasteiger partial charge in [0.1, 0.15) is 0 Å². The minimum absolute atomic E-state index is 0.817. The zero-order valence-corrected chi connectivity index (χ0v) is 12.2. The molecule has 1 saturated heterocycles. The molecule has 0 radical (unpaired) electrons. The Labute approximate surface area is 112 Å². The van der Waals surface area contributed by atoms with E-state index in [4.69, 9.17) is 4.74 Å². The maximum Gasteiger partial charge on any atom is 0.0589 e. The molecule has 1 aliphatic carbocycles. The second-order valence-corrected chi connectivity index (χ2v) is 6.27. The Balaban J connectivity index is 1.83. The van der Waals surface area contributed by atoms with E-state index in [1.165, 1.54) is 51.7 Å². The van der Waals surface area contributed by atoms with Crippen LogP contribution in [0.2, 0.25) is 0 Å². The predicted molar refractivity (Wildman–Crippen MR) is 75.8 cm³/mol. The van der Waals surface area contributed by atoms with Crippen molar-refractivity contribution in [3.05, 3.63) is 0 Å². The first-order chi connectivity index (χ1) is 8.79. The summed E-state index contributed by atoms with van der Waals surface area (Å²) in [5, 5.41) is 3.54. The van der Waals surface area contributed by atoms with Crippen LogP contribution in [0.3, 0.4) is 0 Å². The fourth-order valence-corrected chi connectivity index (χ4v) is 3.55. The summed E-state index contributed by atoms with van der Waals surface area (Å²) in [6, 6.07) is 0.817. The Morgan fingerprint density at radius 2 is 2.17 bits per heavy atom.